The monoisotopic (exact) mass is 106 g/mol. The van der Waals surface area contributed by atoms with Crippen molar-refractivity contribution in [2.75, 3.05) is 5.88 Å². The van der Waals surface area contributed by atoms with Gasteiger partial charge in [0.1, 0.15) is 5.76 Å². The van der Waals surface area contributed by atoms with Crippen LogP contribution in [0.15, 0.2) is 11.8 Å². The third-order valence-corrected chi connectivity index (χ3v) is 0.744. The smallest absolute Gasteiger partial charge is 0.103 e. The number of alkyl halides is 1. The minimum atomic E-state index is 0.219. The first-order valence-corrected chi connectivity index (χ1v) is 2.24. The molecule has 0 aliphatic rings. The average Bonchev–Trinajstić information content (AvgIpc) is 1.65. The van der Waals surface area contributed by atoms with Gasteiger partial charge in [0.25, 0.3) is 0 Å². The van der Waals surface area contributed by atoms with Crippen molar-refractivity contribution in [1.82, 2.24) is 0 Å². The van der Waals surface area contributed by atoms with Crippen LogP contribution in [0.25, 0.3) is 0 Å². The molecule has 1 N–H and O–H groups in total. The summed E-state index contributed by atoms with van der Waals surface area (Å²) in [6.45, 7) is 1.73. The highest BCUT2D eigenvalue weighted by Gasteiger charge is 1.78. The van der Waals surface area contributed by atoms with E-state index in [0.717, 1.165) is 0 Å². The van der Waals surface area contributed by atoms with Gasteiger partial charge in [0.05, 0.1) is 5.88 Å². The quantitative estimate of drug-likeness (QED) is 0.398. The number of rotatable bonds is 1. The van der Waals surface area contributed by atoms with Gasteiger partial charge < -0.3 is 5.11 Å². The Morgan fingerprint density at radius 3 is 2.50 bits per heavy atom. The molecule has 6 heavy (non-hydrogen) atoms. The maximum atomic E-state index is 8.40. The minimum absolute atomic E-state index is 0.219. The SMILES string of the molecule is CC=C(O)CCl. The summed E-state index contributed by atoms with van der Waals surface area (Å²) in [7, 11) is 0. The second kappa shape index (κ2) is 3.04. The second-order valence-corrected chi connectivity index (χ2v) is 1.18. The molecular weight excluding hydrogens is 99.5 g/mol. The molecule has 0 aliphatic heterocycles. The van der Waals surface area contributed by atoms with Crippen molar-refractivity contribution in [3.05, 3.63) is 11.8 Å². The predicted octanol–water partition coefficient (Wildman–Crippen LogP) is 1.69. The molecule has 0 amide bonds. The van der Waals surface area contributed by atoms with E-state index >= 15 is 0 Å². The fourth-order valence-electron chi connectivity index (χ4n) is 0.0772. The van der Waals surface area contributed by atoms with Gasteiger partial charge in [0.15, 0.2) is 0 Å². The van der Waals surface area contributed by atoms with Crippen molar-refractivity contribution in [3.8, 4) is 0 Å². The van der Waals surface area contributed by atoms with Crippen molar-refractivity contribution >= 4 is 11.6 Å². The number of aliphatic hydroxyl groups is 1. The summed E-state index contributed by atoms with van der Waals surface area (Å²) in [4.78, 5) is 0. The molecular formula is C4H7ClO. The number of halogens is 1. The molecule has 0 aromatic carbocycles. The van der Waals surface area contributed by atoms with E-state index in [0.29, 0.717) is 0 Å². The van der Waals surface area contributed by atoms with E-state index in [1.54, 1.807) is 13.0 Å². The average molecular weight is 107 g/mol. The molecule has 36 valence electrons. The van der Waals surface area contributed by atoms with E-state index in [1.807, 2.05) is 0 Å². The van der Waals surface area contributed by atoms with Gasteiger partial charge in [-0.1, -0.05) is 0 Å². The van der Waals surface area contributed by atoms with Gasteiger partial charge in [-0.25, -0.2) is 0 Å². The molecule has 0 rings (SSSR count). The van der Waals surface area contributed by atoms with Gasteiger partial charge in [-0.05, 0) is 13.0 Å². The van der Waals surface area contributed by atoms with Crippen LogP contribution in [-0.4, -0.2) is 11.0 Å². The van der Waals surface area contributed by atoms with Crippen LogP contribution in [0.3, 0.4) is 0 Å². The molecule has 0 radical (unpaired) electrons. The largest absolute Gasteiger partial charge is 0.511 e. The Bertz CT molecular complexity index is 58.6. The summed E-state index contributed by atoms with van der Waals surface area (Å²) < 4.78 is 0. The summed E-state index contributed by atoms with van der Waals surface area (Å²) >= 11 is 5.13. The lowest BCUT2D eigenvalue weighted by Gasteiger charge is -1.83. The van der Waals surface area contributed by atoms with Crippen LogP contribution in [-0.2, 0) is 0 Å². The first-order valence-electron chi connectivity index (χ1n) is 1.71. The molecule has 0 spiro atoms. The van der Waals surface area contributed by atoms with E-state index in [4.69, 9.17) is 16.7 Å². The van der Waals surface area contributed by atoms with Crippen LogP contribution >= 0.6 is 11.6 Å². The summed E-state index contributed by atoms with van der Waals surface area (Å²) in [5.41, 5.74) is 0. The molecule has 0 saturated carbocycles. The lowest BCUT2D eigenvalue weighted by atomic mass is 10.5. The molecule has 0 aromatic heterocycles. The second-order valence-electron chi connectivity index (χ2n) is 0.914. The molecule has 0 fully saturated rings. The van der Waals surface area contributed by atoms with E-state index in [2.05, 4.69) is 0 Å². The molecule has 0 atom stereocenters. The van der Waals surface area contributed by atoms with Crippen LogP contribution < -0.4 is 0 Å². The molecule has 0 saturated heterocycles. The molecule has 1 nitrogen and oxygen atoms in total. The molecule has 0 bridgehead atoms. The number of hydrogen-bond acceptors (Lipinski definition) is 1. The maximum absolute atomic E-state index is 8.40. The minimum Gasteiger partial charge on any atom is -0.511 e. The summed E-state index contributed by atoms with van der Waals surface area (Å²) in [6.07, 6.45) is 1.56. The number of allylic oxidation sites excluding steroid dienone is 2. The fraction of sp³-hybridized carbons (Fsp3) is 0.500. The van der Waals surface area contributed by atoms with Gasteiger partial charge in [0.2, 0.25) is 0 Å². The molecule has 0 aliphatic carbocycles. The van der Waals surface area contributed by atoms with Crippen LogP contribution in [0, 0.1) is 0 Å². The predicted molar refractivity (Wildman–Crippen MR) is 27.1 cm³/mol. The Kier molecular flexibility index (Phi) is 2.95. The molecule has 0 heterocycles. The van der Waals surface area contributed by atoms with Gasteiger partial charge in [-0.2, -0.15) is 0 Å². The summed E-state index contributed by atoms with van der Waals surface area (Å²) in [6, 6.07) is 0. The van der Waals surface area contributed by atoms with Crippen molar-refractivity contribution < 1.29 is 5.11 Å². The van der Waals surface area contributed by atoms with Gasteiger partial charge in [-0.15, -0.1) is 11.6 Å². The zero-order valence-electron chi connectivity index (χ0n) is 3.61. The molecule has 2 heteroatoms. The number of aliphatic hydroxyl groups excluding tert-OH is 1. The van der Waals surface area contributed by atoms with Crippen molar-refractivity contribution in [2.45, 2.75) is 6.92 Å². The Morgan fingerprint density at radius 2 is 2.50 bits per heavy atom. The standard InChI is InChI=1S/C4H7ClO/c1-2-4(6)3-5/h2,6H,3H2,1H3. The fourth-order valence-corrected chi connectivity index (χ4v) is 0.231. The van der Waals surface area contributed by atoms with E-state index in [9.17, 15) is 0 Å². The van der Waals surface area contributed by atoms with Gasteiger partial charge in [0, 0.05) is 0 Å². The van der Waals surface area contributed by atoms with Gasteiger partial charge in [-0.3, -0.25) is 0 Å². The van der Waals surface area contributed by atoms with Crippen molar-refractivity contribution in [1.29, 1.82) is 0 Å². The normalized spacial score (nSPS) is 12.0. The zero-order valence-corrected chi connectivity index (χ0v) is 4.37. The summed E-state index contributed by atoms with van der Waals surface area (Å²) in [5.74, 6) is 0.452. The third-order valence-electron chi connectivity index (χ3n) is 0.470. The van der Waals surface area contributed by atoms with E-state index in [1.165, 1.54) is 0 Å². The first-order chi connectivity index (χ1) is 2.81. The van der Waals surface area contributed by atoms with Crippen LogP contribution in [0.2, 0.25) is 0 Å². The first kappa shape index (κ1) is 5.83. The number of hydrogen-bond donors (Lipinski definition) is 1. The Labute approximate surface area is 42.2 Å². The zero-order chi connectivity index (χ0) is 4.99. The van der Waals surface area contributed by atoms with E-state index in [-0.39, 0.29) is 11.6 Å². The Hall–Kier alpha value is -0.170. The topological polar surface area (TPSA) is 20.2 Å². The maximum Gasteiger partial charge on any atom is 0.103 e. The highest BCUT2D eigenvalue weighted by atomic mass is 35.5. The summed E-state index contributed by atoms with van der Waals surface area (Å²) in [5, 5.41) is 8.40. The van der Waals surface area contributed by atoms with Crippen LogP contribution in [0.1, 0.15) is 6.92 Å². The van der Waals surface area contributed by atoms with Crippen molar-refractivity contribution in [2.24, 2.45) is 0 Å². The van der Waals surface area contributed by atoms with Crippen LogP contribution in [0.5, 0.6) is 0 Å². The molecule has 0 unspecified atom stereocenters. The Balaban J connectivity index is 3.22. The van der Waals surface area contributed by atoms with Crippen molar-refractivity contribution in [3.63, 3.8) is 0 Å². The van der Waals surface area contributed by atoms with Gasteiger partial charge >= 0.3 is 0 Å². The molecule has 0 aromatic rings. The van der Waals surface area contributed by atoms with E-state index < -0.39 is 0 Å². The highest BCUT2D eigenvalue weighted by Crippen LogP contribution is 1.87. The highest BCUT2D eigenvalue weighted by molar-refractivity contribution is 6.19. The Morgan fingerprint density at radius 1 is 2.00 bits per heavy atom. The van der Waals surface area contributed by atoms with Crippen LogP contribution in [0.4, 0.5) is 0 Å². The lowest BCUT2D eigenvalue weighted by Crippen LogP contribution is -1.76. The lowest BCUT2D eigenvalue weighted by molar-refractivity contribution is 0.415. The third kappa shape index (κ3) is 2.09.